The van der Waals surface area contributed by atoms with Crippen molar-refractivity contribution in [3.8, 4) is 12.3 Å². The van der Waals surface area contributed by atoms with Crippen LogP contribution in [0.25, 0.3) is 0 Å². The Labute approximate surface area is 70.6 Å². The first kappa shape index (κ1) is 8.60. The molecule has 1 aromatic rings. The van der Waals surface area contributed by atoms with Crippen molar-refractivity contribution in [2.45, 2.75) is 25.8 Å². The molecule has 4 heteroatoms. The van der Waals surface area contributed by atoms with Crippen molar-refractivity contribution < 1.29 is 0 Å². The van der Waals surface area contributed by atoms with Gasteiger partial charge in [0.25, 0.3) is 0 Å². The van der Waals surface area contributed by atoms with Crippen LogP contribution in [0.3, 0.4) is 0 Å². The van der Waals surface area contributed by atoms with Crippen LogP contribution in [-0.4, -0.2) is 14.8 Å². The summed E-state index contributed by atoms with van der Waals surface area (Å²) in [4.78, 5) is 11.0. The highest BCUT2D eigenvalue weighted by molar-refractivity contribution is 4.97. The second-order valence-corrected chi connectivity index (χ2v) is 2.54. The second kappa shape index (κ2) is 3.77. The summed E-state index contributed by atoms with van der Waals surface area (Å²) in [7, 11) is 0. The van der Waals surface area contributed by atoms with Crippen LogP contribution in [0, 0.1) is 12.3 Å². The standard InChI is InChI=1S/C8H11N3O/c1-3-5-7(4-2)11-6-9-10-8(11)12/h2,6-7H,3,5H2,1H3,(H,10,12). The van der Waals surface area contributed by atoms with Gasteiger partial charge in [-0.25, -0.2) is 9.89 Å². The van der Waals surface area contributed by atoms with E-state index in [1.807, 2.05) is 6.92 Å². The molecule has 0 radical (unpaired) electrons. The minimum atomic E-state index is -0.244. The van der Waals surface area contributed by atoms with Gasteiger partial charge in [-0.15, -0.1) is 6.42 Å². The van der Waals surface area contributed by atoms with Gasteiger partial charge in [-0.05, 0) is 6.42 Å². The Kier molecular flexibility index (Phi) is 2.70. The summed E-state index contributed by atoms with van der Waals surface area (Å²) in [5.41, 5.74) is -0.244. The van der Waals surface area contributed by atoms with Gasteiger partial charge in [0, 0.05) is 0 Å². The van der Waals surface area contributed by atoms with Crippen LogP contribution in [0.5, 0.6) is 0 Å². The zero-order valence-electron chi connectivity index (χ0n) is 6.95. The van der Waals surface area contributed by atoms with Crippen LogP contribution < -0.4 is 5.69 Å². The molecule has 1 unspecified atom stereocenters. The van der Waals surface area contributed by atoms with Crippen molar-refractivity contribution in [3.63, 3.8) is 0 Å². The summed E-state index contributed by atoms with van der Waals surface area (Å²) in [6, 6.07) is -0.166. The van der Waals surface area contributed by atoms with Gasteiger partial charge >= 0.3 is 5.69 Å². The monoisotopic (exact) mass is 165 g/mol. The van der Waals surface area contributed by atoms with Crippen molar-refractivity contribution >= 4 is 0 Å². The number of hydrogen-bond acceptors (Lipinski definition) is 2. The molecular formula is C8H11N3O. The number of H-pyrrole nitrogens is 1. The van der Waals surface area contributed by atoms with Gasteiger partial charge in [0.1, 0.15) is 12.4 Å². The summed E-state index contributed by atoms with van der Waals surface area (Å²) in [6.07, 6.45) is 8.45. The minimum absolute atomic E-state index is 0.166. The smallest absolute Gasteiger partial charge is 0.267 e. The first-order valence-electron chi connectivity index (χ1n) is 3.87. The Morgan fingerprint density at radius 3 is 3.08 bits per heavy atom. The maximum absolute atomic E-state index is 11.0. The Hall–Kier alpha value is -1.50. The molecule has 64 valence electrons. The summed E-state index contributed by atoms with van der Waals surface area (Å²) in [5, 5.41) is 5.91. The first-order chi connectivity index (χ1) is 5.79. The molecule has 0 aliphatic carbocycles. The molecule has 1 rings (SSSR count). The van der Waals surface area contributed by atoms with E-state index < -0.39 is 0 Å². The van der Waals surface area contributed by atoms with Crippen LogP contribution in [0.2, 0.25) is 0 Å². The first-order valence-corrected chi connectivity index (χ1v) is 3.87. The van der Waals surface area contributed by atoms with Crippen molar-refractivity contribution in [1.82, 2.24) is 14.8 Å². The molecular weight excluding hydrogens is 154 g/mol. The molecule has 0 amide bonds. The Morgan fingerprint density at radius 2 is 2.67 bits per heavy atom. The number of terminal acetylenes is 1. The van der Waals surface area contributed by atoms with E-state index in [0.29, 0.717) is 0 Å². The average molecular weight is 165 g/mol. The molecule has 0 saturated heterocycles. The number of nitrogens with zero attached hydrogens (tertiary/aromatic N) is 2. The van der Waals surface area contributed by atoms with Crippen LogP contribution in [0.15, 0.2) is 11.1 Å². The van der Waals surface area contributed by atoms with Gasteiger partial charge in [-0.1, -0.05) is 19.3 Å². The summed E-state index contributed by atoms with van der Waals surface area (Å²) in [5.74, 6) is 2.55. The molecule has 1 atom stereocenters. The van der Waals surface area contributed by atoms with Crippen LogP contribution >= 0.6 is 0 Å². The van der Waals surface area contributed by atoms with Crippen LogP contribution in [0.4, 0.5) is 0 Å². The number of rotatable bonds is 3. The molecule has 12 heavy (non-hydrogen) atoms. The predicted octanol–water partition coefficient (Wildman–Crippen LogP) is 0.546. The fraction of sp³-hybridized carbons (Fsp3) is 0.500. The maximum atomic E-state index is 11.0. The zero-order chi connectivity index (χ0) is 8.97. The van der Waals surface area contributed by atoms with E-state index in [0.717, 1.165) is 12.8 Å². The zero-order valence-corrected chi connectivity index (χ0v) is 6.95. The highest BCUT2D eigenvalue weighted by Crippen LogP contribution is 2.08. The highest BCUT2D eigenvalue weighted by atomic mass is 16.1. The van der Waals surface area contributed by atoms with E-state index in [1.165, 1.54) is 10.9 Å². The summed E-state index contributed by atoms with van der Waals surface area (Å²) < 4.78 is 1.43. The lowest BCUT2D eigenvalue weighted by Crippen LogP contribution is -2.20. The van der Waals surface area contributed by atoms with Gasteiger partial charge in [-0.2, -0.15) is 5.10 Å². The number of aromatic amines is 1. The second-order valence-electron chi connectivity index (χ2n) is 2.54. The molecule has 0 aliphatic heterocycles. The van der Waals surface area contributed by atoms with Crippen molar-refractivity contribution in [3.05, 3.63) is 16.8 Å². The van der Waals surface area contributed by atoms with E-state index in [4.69, 9.17) is 6.42 Å². The third-order valence-electron chi connectivity index (χ3n) is 1.67. The highest BCUT2D eigenvalue weighted by Gasteiger charge is 2.07. The minimum Gasteiger partial charge on any atom is -0.267 e. The molecule has 0 aromatic carbocycles. The van der Waals surface area contributed by atoms with Crippen molar-refractivity contribution in [1.29, 1.82) is 0 Å². The van der Waals surface area contributed by atoms with E-state index in [9.17, 15) is 4.79 Å². The molecule has 4 nitrogen and oxygen atoms in total. The number of aromatic nitrogens is 3. The van der Waals surface area contributed by atoms with Gasteiger partial charge in [0.2, 0.25) is 0 Å². The van der Waals surface area contributed by atoms with Crippen molar-refractivity contribution in [2.24, 2.45) is 0 Å². The average Bonchev–Trinajstić information content (AvgIpc) is 2.47. The topological polar surface area (TPSA) is 50.7 Å². The molecule has 0 aliphatic rings. The summed E-state index contributed by atoms with van der Waals surface area (Å²) >= 11 is 0. The van der Waals surface area contributed by atoms with Crippen LogP contribution in [-0.2, 0) is 0 Å². The predicted molar refractivity (Wildman–Crippen MR) is 45.6 cm³/mol. The molecule has 1 N–H and O–H groups in total. The van der Waals surface area contributed by atoms with E-state index in [1.54, 1.807) is 0 Å². The Bertz CT molecular complexity index is 331. The molecule has 1 heterocycles. The normalized spacial score (nSPS) is 12.3. The fourth-order valence-electron chi connectivity index (χ4n) is 1.05. The lowest BCUT2D eigenvalue weighted by molar-refractivity contribution is 0.550. The lowest BCUT2D eigenvalue weighted by atomic mass is 10.2. The fourth-order valence-corrected chi connectivity index (χ4v) is 1.05. The molecule has 0 saturated carbocycles. The largest absolute Gasteiger partial charge is 0.344 e. The Morgan fingerprint density at radius 1 is 1.92 bits per heavy atom. The molecule has 1 aromatic heterocycles. The number of hydrogen-bond donors (Lipinski definition) is 1. The maximum Gasteiger partial charge on any atom is 0.344 e. The summed E-state index contributed by atoms with van der Waals surface area (Å²) in [6.45, 7) is 2.02. The van der Waals surface area contributed by atoms with Gasteiger partial charge < -0.3 is 0 Å². The van der Waals surface area contributed by atoms with Gasteiger partial charge in [0.15, 0.2) is 0 Å². The lowest BCUT2D eigenvalue weighted by Gasteiger charge is -2.07. The SMILES string of the molecule is C#CC(CCC)n1cn[nH]c1=O. The Balaban J connectivity index is 2.89. The number of nitrogens with one attached hydrogen (secondary N) is 1. The third kappa shape index (κ3) is 1.56. The molecule has 0 bridgehead atoms. The van der Waals surface area contributed by atoms with Gasteiger partial charge in [-0.3, -0.25) is 4.57 Å². The molecule has 0 fully saturated rings. The van der Waals surface area contributed by atoms with Crippen molar-refractivity contribution in [2.75, 3.05) is 0 Å². The third-order valence-corrected chi connectivity index (χ3v) is 1.67. The van der Waals surface area contributed by atoms with E-state index >= 15 is 0 Å². The van der Waals surface area contributed by atoms with Gasteiger partial charge in [0.05, 0.1) is 0 Å². The van der Waals surface area contributed by atoms with Crippen LogP contribution in [0.1, 0.15) is 25.8 Å². The van der Waals surface area contributed by atoms with E-state index in [-0.39, 0.29) is 11.7 Å². The molecule has 0 spiro atoms. The van der Waals surface area contributed by atoms with E-state index in [2.05, 4.69) is 16.1 Å². The quantitative estimate of drug-likeness (QED) is 0.665.